The second-order valence-electron chi connectivity index (χ2n) is 2.83. The van der Waals surface area contributed by atoms with Gasteiger partial charge in [-0.2, -0.15) is 0 Å². The molecule has 0 rings (SSSR count). The van der Waals surface area contributed by atoms with Crippen LogP contribution in [-0.2, 0) is 0 Å². The van der Waals surface area contributed by atoms with Gasteiger partial charge in [-0.05, 0) is 20.9 Å². The maximum absolute atomic E-state index is 9.11. The molecule has 0 spiro atoms. The summed E-state index contributed by atoms with van der Waals surface area (Å²) in [6.07, 6.45) is 0. The topological polar surface area (TPSA) is 23.5 Å². The predicted molar refractivity (Wildman–Crippen MR) is 34.3 cm³/mol. The Labute approximate surface area is 51.1 Å². The van der Waals surface area contributed by atoms with E-state index in [1.807, 2.05) is 7.05 Å². The molecule has 2 nitrogen and oxygen atoms in total. The van der Waals surface area contributed by atoms with Crippen LogP contribution < -0.4 is 0 Å². The highest BCUT2D eigenvalue weighted by Gasteiger charge is 2.12. The fourth-order valence-electron chi connectivity index (χ4n) is 0.661. The van der Waals surface area contributed by atoms with E-state index in [0.29, 0.717) is 6.54 Å². The Hall–Kier alpha value is -0.0800. The average molecular weight is 116 g/mol. The Morgan fingerprint density at radius 3 is 2.00 bits per heavy atom. The summed E-state index contributed by atoms with van der Waals surface area (Å²) in [5, 5.41) is 9.11. The zero-order chi connectivity index (χ0) is 6.78. The van der Waals surface area contributed by atoms with Crippen molar-refractivity contribution in [2.75, 3.05) is 13.6 Å². The van der Waals surface area contributed by atoms with Gasteiger partial charge in [0, 0.05) is 13.6 Å². The van der Waals surface area contributed by atoms with E-state index in [9.17, 15) is 0 Å². The van der Waals surface area contributed by atoms with Gasteiger partial charge >= 0.3 is 0 Å². The molecular weight excluding hydrogens is 102 g/mol. The standard InChI is InChI=1S/C6H14NO/c1-6(2,8)5-7(3)4/h8H,3,5H2,1-2,4H3. The lowest BCUT2D eigenvalue weighted by Gasteiger charge is -2.21. The predicted octanol–water partition coefficient (Wildman–Crippen LogP) is 0.481. The lowest BCUT2D eigenvalue weighted by molar-refractivity contribution is 0.0561. The summed E-state index contributed by atoms with van der Waals surface area (Å²) in [6, 6.07) is 0. The first kappa shape index (κ1) is 7.92. The normalized spacial score (nSPS) is 12.8. The zero-order valence-corrected chi connectivity index (χ0v) is 5.81. The van der Waals surface area contributed by atoms with E-state index in [2.05, 4.69) is 7.05 Å². The molecule has 0 aliphatic carbocycles. The number of likely N-dealkylation sites (N-methyl/N-ethyl adjacent to an activating group) is 1. The Balaban J connectivity index is 3.39. The molecule has 0 fully saturated rings. The van der Waals surface area contributed by atoms with Crippen LogP contribution in [0.5, 0.6) is 0 Å². The number of nitrogens with zero attached hydrogens (tertiary/aromatic N) is 1. The number of hydrogen-bond donors (Lipinski definition) is 1. The molecule has 0 unspecified atom stereocenters. The minimum Gasteiger partial charge on any atom is -0.389 e. The Morgan fingerprint density at radius 1 is 1.62 bits per heavy atom. The Kier molecular flexibility index (Phi) is 2.44. The molecule has 0 aromatic heterocycles. The van der Waals surface area contributed by atoms with Crippen LogP contribution in [0.1, 0.15) is 13.8 Å². The smallest absolute Gasteiger partial charge is 0.0718 e. The maximum Gasteiger partial charge on any atom is 0.0718 e. The number of rotatable bonds is 2. The van der Waals surface area contributed by atoms with Crippen molar-refractivity contribution in [2.45, 2.75) is 19.4 Å². The highest BCUT2D eigenvalue weighted by Crippen LogP contribution is 2.00. The summed E-state index contributed by atoms with van der Waals surface area (Å²) in [7, 11) is 5.43. The fourth-order valence-corrected chi connectivity index (χ4v) is 0.661. The molecule has 0 saturated carbocycles. The maximum atomic E-state index is 9.11. The summed E-state index contributed by atoms with van der Waals surface area (Å²) in [4.78, 5) is 1.71. The highest BCUT2D eigenvalue weighted by molar-refractivity contribution is 4.68. The van der Waals surface area contributed by atoms with Crippen LogP contribution in [0.2, 0.25) is 0 Å². The van der Waals surface area contributed by atoms with Crippen LogP contribution in [0.25, 0.3) is 0 Å². The molecule has 0 aromatic carbocycles. The molecule has 0 bridgehead atoms. The third-order valence-electron chi connectivity index (χ3n) is 0.657. The van der Waals surface area contributed by atoms with Gasteiger partial charge in [0.1, 0.15) is 0 Å². The van der Waals surface area contributed by atoms with Gasteiger partial charge in [0.15, 0.2) is 0 Å². The third kappa shape index (κ3) is 5.92. The Morgan fingerprint density at radius 2 is 2.00 bits per heavy atom. The van der Waals surface area contributed by atoms with E-state index in [0.717, 1.165) is 0 Å². The van der Waals surface area contributed by atoms with Crippen LogP contribution in [0.15, 0.2) is 0 Å². The van der Waals surface area contributed by atoms with Gasteiger partial charge in [-0.1, -0.05) is 0 Å². The van der Waals surface area contributed by atoms with Gasteiger partial charge in [0.05, 0.1) is 5.60 Å². The van der Waals surface area contributed by atoms with Crippen molar-refractivity contribution in [2.24, 2.45) is 0 Å². The first-order valence-corrected chi connectivity index (χ1v) is 2.66. The van der Waals surface area contributed by atoms with Crippen LogP contribution in [0.3, 0.4) is 0 Å². The summed E-state index contributed by atoms with van der Waals surface area (Å²) in [5.41, 5.74) is -0.615. The largest absolute Gasteiger partial charge is 0.389 e. The van der Waals surface area contributed by atoms with Gasteiger partial charge in [-0.3, -0.25) is 0 Å². The van der Waals surface area contributed by atoms with E-state index in [-0.39, 0.29) is 0 Å². The van der Waals surface area contributed by atoms with Crippen molar-refractivity contribution in [1.29, 1.82) is 0 Å². The fraction of sp³-hybridized carbons (Fsp3) is 0.833. The quantitative estimate of drug-likeness (QED) is 0.567. The van der Waals surface area contributed by atoms with Gasteiger partial charge in [-0.15, -0.1) is 0 Å². The van der Waals surface area contributed by atoms with Gasteiger partial charge < -0.3 is 10.0 Å². The SMILES string of the molecule is [CH2]N(C)CC(C)(C)O. The van der Waals surface area contributed by atoms with Crippen LogP contribution >= 0.6 is 0 Å². The first-order valence-electron chi connectivity index (χ1n) is 2.66. The minimum atomic E-state index is -0.615. The van der Waals surface area contributed by atoms with E-state index < -0.39 is 5.60 Å². The van der Waals surface area contributed by atoms with Crippen LogP contribution in [0, 0.1) is 7.05 Å². The highest BCUT2D eigenvalue weighted by atomic mass is 16.3. The van der Waals surface area contributed by atoms with Gasteiger partial charge in [-0.25, -0.2) is 0 Å². The lowest BCUT2D eigenvalue weighted by Crippen LogP contribution is -2.32. The summed E-state index contributed by atoms with van der Waals surface area (Å²) in [6.45, 7) is 4.12. The van der Waals surface area contributed by atoms with E-state index in [1.54, 1.807) is 18.7 Å². The number of aliphatic hydroxyl groups is 1. The first-order chi connectivity index (χ1) is 3.42. The second-order valence-corrected chi connectivity index (χ2v) is 2.83. The van der Waals surface area contributed by atoms with E-state index in [4.69, 9.17) is 5.11 Å². The summed E-state index contributed by atoms with van der Waals surface area (Å²) < 4.78 is 0. The third-order valence-corrected chi connectivity index (χ3v) is 0.657. The van der Waals surface area contributed by atoms with Crippen molar-refractivity contribution in [1.82, 2.24) is 4.90 Å². The number of hydrogen-bond acceptors (Lipinski definition) is 2. The molecule has 0 aliphatic heterocycles. The van der Waals surface area contributed by atoms with Crippen molar-refractivity contribution < 1.29 is 5.11 Å². The molecule has 0 amide bonds. The molecular formula is C6H14NO. The van der Waals surface area contributed by atoms with Gasteiger partial charge in [0.25, 0.3) is 0 Å². The molecule has 2 heteroatoms. The monoisotopic (exact) mass is 116 g/mol. The summed E-state index contributed by atoms with van der Waals surface area (Å²) >= 11 is 0. The van der Waals surface area contributed by atoms with Crippen LogP contribution in [-0.4, -0.2) is 29.2 Å². The molecule has 8 heavy (non-hydrogen) atoms. The van der Waals surface area contributed by atoms with E-state index in [1.165, 1.54) is 0 Å². The van der Waals surface area contributed by atoms with Crippen molar-refractivity contribution >= 4 is 0 Å². The molecule has 49 valence electrons. The lowest BCUT2D eigenvalue weighted by atomic mass is 10.1. The molecule has 0 heterocycles. The average Bonchev–Trinajstić information content (AvgIpc) is 1.21. The molecule has 0 atom stereocenters. The van der Waals surface area contributed by atoms with E-state index >= 15 is 0 Å². The molecule has 1 N–H and O–H groups in total. The molecule has 0 aromatic rings. The zero-order valence-electron chi connectivity index (χ0n) is 5.81. The van der Waals surface area contributed by atoms with Crippen molar-refractivity contribution in [3.05, 3.63) is 7.05 Å². The van der Waals surface area contributed by atoms with Crippen molar-refractivity contribution in [3.8, 4) is 0 Å². The van der Waals surface area contributed by atoms with Crippen molar-refractivity contribution in [3.63, 3.8) is 0 Å². The van der Waals surface area contributed by atoms with Crippen LogP contribution in [0.4, 0.5) is 0 Å². The minimum absolute atomic E-state index is 0.604. The summed E-state index contributed by atoms with van der Waals surface area (Å²) in [5.74, 6) is 0. The molecule has 0 aliphatic rings. The Bertz CT molecular complexity index is 63.4. The second kappa shape index (κ2) is 2.46. The van der Waals surface area contributed by atoms with Gasteiger partial charge in [0.2, 0.25) is 0 Å². The molecule has 1 radical (unpaired) electrons. The molecule has 0 saturated heterocycles.